The lowest BCUT2D eigenvalue weighted by molar-refractivity contribution is -0.385. The summed E-state index contributed by atoms with van der Waals surface area (Å²) in [6, 6.07) is 10.9. The van der Waals surface area contributed by atoms with E-state index in [0.29, 0.717) is 18.9 Å². The van der Waals surface area contributed by atoms with Crippen LogP contribution in [0.3, 0.4) is 0 Å². The van der Waals surface area contributed by atoms with Gasteiger partial charge in [0.15, 0.2) is 0 Å². The lowest BCUT2D eigenvalue weighted by Crippen LogP contribution is -2.44. The first-order valence-electron chi connectivity index (χ1n) is 7.85. The largest absolute Gasteiger partial charge is 0.367 e. The number of anilines is 1. The van der Waals surface area contributed by atoms with Gasteiger partial charge in [-0.1, -0.05) is 30.3 Å². The van der Waals surface area contributed by atoms with Crippen molar-refractivity contribution >= 4 is 17.4 Å². The summed E-state index contributed by atoms with van der Waals surface area (Å²) in [5.74, 6) is -0.407. The Kier molecular flexibility index (Phi) is 4.62. The summed E-state index contributed by atoms with van der Waals surface area (Å²) in [4.78, 5) is 28.1. The standard InChI is InChI=1S/C17H18N4O4/c1-11-9-20(10-15(25-11)12-5-3-2-4-6-12)17-14(16(18)22)7-13(8-19-17)21(23)24/h2-8,11,15H,9-10H2,1H3,(H2,18,22). The van der Waals surface area contributed by atoms with E-state index in [1.807, 2.05) is 42.2 Å². The number of hydrogen-bond donors (Lipinski definition) is 1. The second kappa shape index (κ2) is 6.86. The van der Waals surface area contributed by atoms with Crippen LogP contribution in [0.5, 0.6) is 0 Å². The molecule has 8 nitrogen and oxygen atoms in total. The number of carbonyl (C=O) groups excluding carboxylic acids is 1. The minimum atomic E-state index is -0.749. The van der Waals surface area contributed by atoms with Gasteiger partial charge in [0, 0.05) is 19.2 Å². The molecule has 130 valence electrons. The number of morpholine rings is 1. The van der Waals surface area contributed by atoms with Crippen molar-refractivity contribution in [2.75, 3.05) is 18.0 Å². The smallest absolute Gasteiger partial charge is 0.288 e. The van der Waals surface area contributed by atoms with Crippen LogP contribution in [-0.2, 0) is 4.74 Å². The number of rotatable bonds is 4. The van der Waals surface area contributed by atoms with E-state index in [-0.39, 0.29) is 23.5 Å². The van der Waals surface area contributed by atoms with Crippen molar-refractivity contribution in [1.29, 1.82) is 0 Å². The van der Waals surface area contributed by atoms with Crippen LogP contribution < -0.4 is 10.6 Å². The Hall–Kier alpha value is -3.00. The van der Waals surface area contributed by atoms with Crippen molar-refractivity contribution in [2.24, 2.45) is 5.73 Å². The van der Waals surface area contributed by atoms with Crippen LogP contribution in [-0.4, -0.2) is 35.0 Å². The molecule has 8 heteroatoms. The molecule has 1 aromatic carbocycles. The van der Waals surface area contributed by atoms with Crippen LogP contribution >= 0.6 is 0 Å². The number of benzene rings is 1. The maximum Gasteiger partial charge on any atom is 0.288 e. The van der Waals surface area contributed by atoms with Crippen molar-refractivity contribution in [2.45, 2.75) is 19.1 Å². The lowest BCUT2D eigenvalue weighted by Gasteiger charge is -2.38. The molecule has 2 atom stereocenters. The molecule has 3 rings (SSSR count). The minimum Gasteiger partial charge on any atom is -0.367 e. The number of carbonyl (C=O) groups is 1. The predicted octanol–water partition coefficient (Wildman–Crippen LogP) is 2.06. The highest BCUT2D eigenvalue weighted by Crippen LogP contribution is 2.30. The zero-order valence-corrected chi connectivity index (χ0v) is 13.7. The Bertz CT molecular complexity index is 796. The molecule has 25 heavy (non-hydrogen) atoms. The summed E-state index contributed by atoms with van der Waals surface area (Å²) in [7, 11) is 0. The molecule has 0 bridgehead atoms. The molecule has 1 saturated heterocycles. The molecule has 2 aromatic rings. The van der Waals surface area contributed by atoms with Gasteiger partial charge in [0.1, 0.15) is 18.1 Å². The van der Waals surface area contributed by atoms with Crippen LogP contribution in [0, 0.1) is 10.1 Å². The predicted molar refractivity (Wildman–Crippen MR) is 91.4 cm³/mol. The lowest BCUT2D eigenvalue weighted by atomic mass is 10.1. The highest BCUT2D eigenvalue weighted by Gasteiger charge is 2.30. The first-order valence-corrected chi connectivity index (χ1v) is 7.85. The molecule has 1 amide bonds. The quantitative estimate of drug-likeness (QED) is 0.672. The number of nitrogens with zero attached hydrogens (tertiary/aromatic N) is 3. The van der Waals surface area contributed by atoms with Crippen molar-refractivity contribution in [1.82, 2.24) is 4.98 Å². The van der Waals surface area contributed by atoms with Crippen LogP contribution in [0.15, 0.2) is 42.6 Å². The molecule has 0 radical (unpaired) electrons. The number of ether oxygens (including phenoxy) is 1. The molecular formula is C17H18N4O4. The van der Waals surface area contributed by atoms with Crippen molar-refractivity contribution in [3.63, 3.8) is 0 Å². The number of amides is 1. The summed E-state index contributed by atoms with van der Waals surface area (Å²) in [6.07, 6.45) is 0.846. The fourth-order valence-electron chi connectivity index (χ4n) is 2.96. The second-order valence-corrected chi connectivity index (χ2v) is 5.94. The van der Waals surface area contributed by atoms with Crippen molar-refractivity contribution in [3.05, 3.63) is 63.8 Å². The number of primary amides is 1. The van der Waals surface area contributed by atoms with Gasteiger partial charge in [-0.05, 0) is 12.5 Å². The van der Waals surface area contributed by atoms with Gasteiger partial charge in [0.25, 0.3) is 11.6 Å². The Balaban J connectivity index is 1.95. The van der Waals surface area contributed by atoms with Gasteiger partial charge >= 0.3 is 0 Å². The zero-order valence-electron chi connectivity index (χ0n) is 13.7. The monoisotopic (exact) mass is 342 g/mol. The maximum atomic E-state index is 11.8. The Labute approximate surface area is 144 Å². The van der Waals surface area contributed by atoms with E-state index in [4.69, 9.17) is 10.5 Å². The van der Waals surface area contributed by atoms with E-state index in [0.717, 1.165) is 11.8 Å². The second-order valence-electron chi connectivity index (χ2n) is 5.94. The third-order valence-corrected chi connectivity index (χ3v) is 4.06. The van der Waals surface area contributed by atoms with Crippen LogP contribution in [0.4, 0.5) is 11.5 Å². The maximum absolute atomic E-state index is 11.8. The molecule has 2 heterocycles. The van der Waals surface area contributed by atoms with E-state index in [9.17, 15) is 14.9 Å². The normalized spacial score (nSPS) is 20.3. The summed E-state index contributed by atoms with van der Waals surface area (Å²) in [6.45, 7) is 2.91. The highest BCUT2D eigenvalue weighted by molar-refractivity contribution is 5.98. The summed E-state index contributed by atoms with van der Waals surface area (Å²) >= 11 is 0. The molecule has 0 saturated carbocycles. The number of hydrogen-bond acceptors (Lipinski definition) is 6. The van der Waals surface area contributed by atoms with Crippen LogP contribution in [0.2, 0.25) is 0 Å². The molecule has 1 aromatic heterocycles. The van der Waals surface area contributed by atoms with Gasteiger partial charge in [-0.25, -0.2) is 4.98 Å². The van der Waals surface area contributed by atoms with E-state index in [1.165, 1.54) is 6.07 Å². The molecule has 1 fully saturated rings. The SMILES string of the molecule is CC1CN(c2ncc([N+](=O)[O-])cc2C(N)=O)CC(c2ccccc2)O1. The number of pyridine rings is 1. The van der Waals surface area contributed by atoms with Gasteiger partial charge in [-0.3, -0.25) is 14.9 Å². The fraction of sp³-hybridized carbons (Fsp3) is 0.294. The minimum absolute atomic E-state index is 0.0371. The number of nitrogens with two attached hydrogens (primary N) is 1. The Morgan fingerprint density at radius 2 is 2.08 bits per heavy atom. The third kappa shape index (κ3) is 3.58. The Morgan fingerprint density at radius 1 is 1.36 bits per heavy atom. The number of nitro groups is 1. The molecule has 2 N–H and O–H groups in total. The van der Waals surface area contributed by atoms with Crippen LogP contribution in [0.1, 0.15) is 28.9 Å². The average Bonchev–Trinajstić information content (AvgIpc) is 2.61. The van der Waals surface area contributed by atoms with Gasteiger partial charge in [-0.2, -0.15) is 0 Å². The molecule has 0 spiro atoms. The van der Waals surface area contributed by atoms with Crippen molar-refractivity contribution < 1.29 is 14.5 Å². The third-order valence-electron chi connectivity index (χ3n) is 4.06. The zero-order chi connectivity index (χ0) is 18.0. The molecular weight excluding hydrogens is 324 g/mol. The van der Waals surface area contributed by atoms with Gasteiger partial charge < -0.3 is 15.4 Å². The van der Waals surface area contributed by atoms with Gasteiger partial charge in [-0.15, -0.1) is 0 Å². The van der Waals surface area contributed by atoms with E-state index >= 15 is 0 Å². The number of aromatic nitrogens is 1. The molecule has 0 aliphatic carbocycles. The van der Waals surface area contributed by atoms with Gasteiger partial charge in [0.2, 0.25) is 0 Å². The summed E-state index contributed by atoms with van der Waals surface area (Å²) < 4.78 is 5.99. The fourth-order valence-corrected chi connectivity index (χ4v) is 2.96. The Morgan fingerprint density at radius 3 is 2.72 bits per heavy atom. The summed E-state index contributed by atoms with van der Waals surface area (Å²) in [5, 5.41) is 10.9. The highest BCUT2D eigenvalue weighted by atomic mass is 16.6. The van der Waals surface area contributed by atoms with E-state index in [2.05, 4.69) is 4.98 Å². The van der Waals surface area contributed by atoms with E-state index in [1.54, 1.807) is 0 Å². The molecule has 1 aliphatic heterocycles. The van der Waals surface area contributed by atoms with E-state index < -0.39 is 10.8 Å². The van der Waals surface area contributed by atoms with Gasteiger partial charge in [0.05, 0.1) is 16.6 Å². The average molecular weight is 342 g/mol. The molecule has 1 aliphatic rings. The van der Waals surface area contributed by atoms with Crippen LogP contribution in [0.25, 0.3) is 0 Å². The first-order chi connectivity index (χ1) is 12.0. The molecule has 2 unspecified atom stereocenters. The van der Waals surface area contributed by atoms with Crippen molar-refractivity contribution in [3.8, 4) is 0 Å². The summed E-state index contributed by atoms with van der Waals surface area (Å²) in [5.41, 5.74) is 6.20. The first kappa shape index (κ1) is 16.8. The topological polar surface area (TPSA) is 112 Å².